The first-order valence-electron chi connectivity index (χ1n) is 11.1. The lowest BCUT2D eigenvalue weighted by atomic mass is 10.4. The second kappa shape index (κ2) is 20.6. The van der Waals surface area contributed by atoms with Crippen molar-refractivity contribution in [3.05, 3.63) is 30.3 Å². The van der Waals surface area contributed by atoms with Gasteiger partial charge in [-0.05, 0) is 27.7 Å². The second-order valence-electron chi connectivity index (χ2n) is 6.24. The minimum absolute atomic E-state index is 0.548. The van der Waals surface area contributed by atoms with Gasteiger partial charge in [0, 0.05) is 80.8 Å². The Hall–Kier alpha value is -0.529. The summed E-state index contributed by atoms with van der Waals surface area (Å²) in [6, 6.07) is 9.72. The van der Waals surface area contributed by atoms with Crippen LogP contribution in [0.5, 0.6) is 0 Å². The minimum Gasteiger partial charge on any atom is -0.377 e. The van der Waals surface area contributed by atoms with Gasteiger partial charge in [0.25, 0.3) is 0 Å². The minimum atomic E-state index is -2.80. The highest BCUT2D eigenvalue weighted by Gasteiger charge is 2.44. The molecule has 0 radical (unpaired) electrons. The van der Waals surface area contributed by atoms with E-state index in [4.69, 9.17) is 44.3 Å². The molecule has 0 atom stereocenters. The van der Waals surface area contributed by atoms with E-state index in [0.29, 0.717) is 26.4 Å². The van der Waals surface area contributed by atoms with Crippen LogP contribution in [-0.4, -0.2) is 95.7 Å². The van der Waals surface area contributed by atoms with Crippen molar-refractivity contribution in [1.82, 2.24) is 0 Å². The van der Waals surface area contributed by atoms with Gasteiger partial charge in [-0.3, -0.25) is 0 Å². The van der Waals surface area contributed by atoms with E-state index in [9.17, 15) is 0 Å². The van der Waals surface area contributed by atoms with Crippen molar-refractivity contribution < 1.29 is 44.3 Å². The largest absolute Gasteiger partial charge is 0.679 e. The van der Waals surface area contributed by atoms with Crippen molar-refractivity contribution in [2.24, 2.45) is 0 Å². The zero-order valence-corrected chi connectivity index (χ0v) is 25.8. The summed E-state index contributed by atoms with van der Waals surface area (Å²) >= 11 is 0. The van der Waals surface area contributed by atoms with E-state index in [1.54, 1.807) is 42.7 Å². The SMILES string of the molecule is CCO[Si](OCC)(OCC)OCC.CO[Si](C)(OC)OC.CO[Si](OC)(OC)c1ccccc1. The van der Waals surface area contributed by atoms with Gasteiger partial charge in [0.05, 0.1) is 0 Å². The summed E-state index contributed by atoms with van der Waals surface area (Å²) in [7, 11) is 2.00. The number of hydrogen-bond donors (Lipinski definition) is 0. The normalized spacial score (nSPS) is 11.9. The fraction of sp³-hybridized carbons (Fsp3) is 0.714. The number of hydrogen-bond acceptors (Lipinski definition) is 10. The molecule has 34 heavy (non-hydrogen) atoms. The molecule has 0 saturated carbocycles. The van der Waals surface area contributed by atoms with Gasteiger partial charge in [0.1, 0.15) is 0 Å². The standard InChI is InChI=1S/C9H14O3Si.C8H20O4Si.C4H12O3Si/c1-10-13(11-2,12-3)9-7-5-4-6-8-9;1-5-9-13(10-6-2,11-7-3)12-8-4;1-5-8(4,6-2)7-3/h4-8H,1-3H3;5-8H2,1-4H3;1-4H3. The smallest absolute Gasteiger partial charge is 0.377 e. The quantitative estimate of drug-likeness (QED) is 0.308. The maximum Gasteiger partial charge on any atom is 0.679 e. The first-order valence-corrected chi connectivity index (χ1v) is 16.7. The molecule has 0 amide bonds. The maximum absolute atomic E-state index is 5.42. The Kier molecular flexibility index (Phi) is 21.6. The van der Waals surface area contributed by atoms with Crippen LogP contribution in [0.4, 0.5) is 0 Å². The molecule has 1 rings (SSSR count). The summed E-state index contributed by atoms with van der Waals surface area (Å²) in [6.07, 6.45) is 0. The summed E-state index contributed by atoms with van der Waals surface area (Å²) < 4.78 is 52.4. The van der Waals surface area contributed by atoms with Gasteiger partial charge >= 0.3 is 26.7 Å². The summed E-state index contributed by atoms with van der Waals surface area (Å²) in [5.41, 5.74) is 0. The zero-order chi connectivity index (χ0) is 26.5. The highest BCUT2D eigenvalue weighted by Crippen LogP contribution is 2.11. The molecule has 0 aromatic heterocycles. The first kappa shape index (κ1) is 35.6. The average molecular weight is 543 g/mol. The molecule has 0 aliphatic rings. The van der Waals surface area contributed by atoms with Gasteiger partial charge in [0.15, 0.2) is 0 Å². The first-order chi connectivity index (χ1) is 16.2. The highest BCUT2D eigenvalue weighted by atomic mass is 28.4. The van der Waals surface area contributed by atoms with Crippen molar-refractivity contribution >= 4 is 31.8 Å². The third-order valence-electron chi connectivity index (χ3n) is 4.33. The predicted molar refractivity (Wildman–Crippen MR) is 138 cm³/mol. The van der Waals surface area contributed by atoms with Gasteiger partial charge in [0.2, 0.25) is 0 Å². The van der Waals surface area contributed by atoms with Crippen LogP contribution in [0.2, 0.25) is 6.55 Å². The molecule has 0 fully saturated rings. The van der Waals surface area contributed by atoms with Crippen LogP contribution in [0.1, 0.15) is 27.7 Å². The molecule has 202 valence electrons. The molecule has 10 nitrogen and oxygen atoms in total. The van der Waals surface area contributed by atoms with Crippen LogP contribution >= 0.6 is 0 Å². The Labute approximate surface area is 209 Å². The van der Waals surface area contributed by atoms with Crippen molar-refractivity contribution in [3.8, 4) is 0 Å². The Balaban J connectivity index is 0. The molecule has 0 spiro atoms. The number of benzene rings is 1. The lowest BCUT2D eigenvalue weighted by Crippen LogP contribution is -2.54. The molecular formula is C21H46O10Si3. The van der Waals surface area contributed by atoms with Crippen molar-refractivity contribution in [3.63, 3.8) is 0 Å². The van der Waals surface area contributed by atoms with Crippen LogP contribution in [-0.2, 0) is 44.3 Å². The van der Waals surface area contributed by atoms with Crippen LogP contribution in [0.15, 0.2) is 30.3 Å². The zero-order valence-electron chi connectivity index (χ0n) is 22.8. The Bertz CT molecular complexity index is 529. The Morgan fingerprint density at radius 2 is 0.853 bits per heavy atom. The molecule has 0 heterocycles. The third-order valence-corrected chi connectivity index (χ3v) is 11.8. The van der Waals surface area contributed by atoms with Crippen LogP contribution in [0.3, 0.4) is 0 Å². The van der Waals surface area contributed by atoms with Gasteiger partial charge in [-0.1, -0.05) is 30.3 Å². The fourth-order valence-corrected chi connectivity index (χ4v) is 6.67. The summed E-state index contributed by atoms with van der Waals surface area (Å²) in [6.45, 7) is 11.6. The molecule has 0 saturated heterocycles. The van der Waals surface area contributed by atoms with E-state index < -0.39 is 26.7 Å². The molecule has 0 aliphatic heterocycles. The third kappa shape index (κ3) is 13.0. The molecule has 0 bridgehead atoms. The van der Waals surface area contributed by atoms with Gasteiger partial charge in [-0.15, -0.1) is 0 Å². The summed E-state index contributed by atoms with van der Waals surface area (Å²) in [5.74, 6) is 0. The fourth-order valence-electron chi connectivity index (χ4n) is 2.45. The molecule has 0 aliphatic carbocycles. The topological polar surface area (TPSA) is 92.3 Å². The van der Waals surface area contributed by atoms with Crippen LogP contribution in [0.25, 0.3) is 0 Å². The average Bonchev–Trinajstić information content (AvgIpc) is 2.87. The van der Waals surface area contributed by atoms with Crippen molar-refractivity contribution in [2.45, 2.75) is 34.2 Å². The molecule has 1 aromatic rings. The maximum atomic E-state index is 5.42. The Morgan fingerprint density at radius 3 is 1.06 bits per heavy atom. The van der Waals surface area contributed by atoms with E-state index >= 15 is 0 Å². The van der Waals surface area contributed by atoms with Gasteiger partial charge < -0.3 is 44.3 Å². The molecular weight excluding hydrogens is 496 g/mol. The second-order valence-corrected chi connectivity index (χ2v) is 14.3. The van der Waals surface area contributed by atoms with E-state index in [0.717, 1.165) is 5.19 Å². The van der Waals surface area contributed by atoms with Gasteiger partial charge in [-0.2, -0.15) is 0 Å². The highest BCUT2D eigenvalue weighted by molar-refractivity contribution is 6.75. The lowest BCUT2D eigenvalue weighted by molar-refractivity contribution is -0.0247. The van der Waals surface area contributed by atoms with Crippen LogP contribution in [0, 0.1) is 0 Å². The molecule has 0 N–H and O–H groups in total. The lowest BCUT2D eigenvalue weighted by Gasteiger charge is -2.26. The molecule has 1 aromatic carbocycles. The van der Waals surface area contributed by atoms with Crippen molar-refractivity contribution in [1.29, 1.82) is 0 Å². The van der Waals surface area contributed by atoms with Gasteiger partial charge in [-0.25, -0.2) is 0 Å². The summed E-state index contributed by atoms with van der Waals surface area (Å²) in [5, 5.41) is 0.975. The van der Waals surface area contributed by atoms with E-state index in [2.05, 4.69) is 0 Å². The predicted octanol–water partition coefficient (Wildman–Crippen LogP) is 2.83. The summed E-state index contributed by atoms with van der Waals surface area (Å²) in [4.78, 5) is 0. The van der Waals surface area contributed by atoms with E-state index in [1.807, 2.05) is 64.6 Å². The number of rotatable bonds is 15. The molecule has 13 heteroatoms. The van der Waals surface area contributed by atoms with E-state index in [1.165, 1.54) is 0 Å². The van der Waals surface area contributed by atoms with Crippen molar-refractivity contribution in [2.75, 3.05) is 69.1 Å². The van der Waals surface area contributed by atoms with Crippen LogP contribution < -0.4 is 5.19 Å². The van der Waals surface area contributed by atoms with E-state index in [-0.39, 0.29) is 0 Å². The monoisotopic (exact) mass is 542 g/mol. The molecule has 0 unspecified atom stereocenters. The Morgan fingerprint density at radius 1 is 0.529 bits per heavy atom.